The van der Waals surface area contributed by atoms with E-state index < -0.39 is 20.0 Å². The summed E-state index contributed by atoms with van der Waals surface area (Å²) in [4.78, 5) is 2.41. The molecule has 2 aromatic rings. The highest BCUT2D eigenvalue weighted by molar-refractivity contribution is 7.92. The number of aryl methyl sites for hydroxylation is 2. The molecule has 0 aliphatic carbocycles. The third-order valence-electron chi connectivity index (χ3n) is 5.00. The maximum absolute atomic E-state index is 12.8. The topological polar surface area (TPSA) is 86.8 Å². The third kappa shape index (κ3) is 4.38. The number of likely N-dealkylation sites (N-methyl/N-ethyl adjacent to an activating group) is 1. The van der Waals surface area contributed by atoms with Gasteiger partial charge in [-0.2, -0.15) is 4.31 Å². The Hall–Kier alpha value is -1.94. The van der Waals surface area contributed by atoms with Crippen LogP contribution in [-0.2, 0) is 20.0 Å². The Balaban J connectivity index is 1.78. The normalized spacial score (nSPS) is 16.8. The van der Waals surface area contributed by atoms with Gasteiger partial charge in [0, 0.05) is 31.9 Å². The summed E-state index contributed by atoms with van der Waals surface area (Å²) in [6.45, 7) is 6.03. The first-order valence-electron chi connectivity index (χ1n) is 8.98. The van der Waals surface area contributed by atoms with Gasteiger partial charge in [-0.15, -0.1) is 0 Å². The largest absolute Gasteiger partial charge is 0.304 e. The van der Waals surface area contributed by atoms with Gasteiger partial charge in [0.15, 0.2) is 0 Å². The summed E-state index contributed by atoms with van der Waals surface area (Å²) in [5, 5.41) is 0. The van der Waals surface area contributed by atoms with Crippen molar-refractivity contribution >= 4 is 25.7 Å². The predicted octanol–water partition coefficient (Wildman–Crippen LogP) is 2.04. The van der Waals surface area contributed by atoms with Crippen molar-refractivity contribution in [3.8, 4) is 0 Å². The minimum atomic E-state index is -3.74. The fraction of sp³-hybridized carbons (Fsp3) is 0.368. The number of nitrogens with one attached hydrogen (secondary N) is 1. The molecule has 0 amide bonds. The highest BCUT2D eigenvalue weighted by Crippen LogP contribution is 2.22. The first kappa shape index (κ1) is 20.8. The molecule has 7 nitrogen and oxygen atoms in total. The number of rotatable bonds is 5. The van der Waals surface area contributed by atoms with Crippen LogP contribution in [-0.4, -0.2) is 59.3 Å². The minimum Gasteiger partial charge on any atom is -0.304 e. The SMILES string of the molecule is Cc1ccc(S(=O)(=O)Nc2ccc(S(=O)(=O)N3CCN(C)CC3)cc2)cc1C. The van der Waals surface area contributed by atoms with Crippen molar-refractivity contribution in [1.82, 2.24) is 9.21 Å². The Kier molecular flexibility index (Phi) is 5.81. The van der Waals surface area contributed by atoms with E-state index >= 15 is 0 Å². The van der Waals surface area contributed by atoms with Crippen molar-refractivity contribution in [3.63, 3.8) is 0 Å². The van der Waals surface area contributed by atoms with E-state index in [4.69, 9.17) is 0 Å². The number of piperazine rings is 1. The van der Waals surface area contributed by atoms with Gasteiger partial charge in [0.2, 0.25) is 10.0 Å². The molecule has 1 aliphatic heterocycles. The summed E-state index contributed by atoms with van der Waals surface area (Å²) in [6.07, 6.45) is 0. The molecule has 1 heterocycles. The quantitative estimate of drug-likeness (QED) is 0.795. The lowest BCUT2D eigenvalue weighted by molar-refractivity contribution is 0.222. The Morgan fingerprint density at radius 3 is 1.93 bits per heavy atom. The average molecular weight is 424 g/mol. The van der Waals surface area contributed by atoms with Crippen molar-refractivity contribution < 1.29 is 16.8 Å². The maximum Gasteiger partial charge on any atom is 0.261 e. The summed E-state index contributed by atoms with van der Waals surface area (Å²) in [7, 11) is -5.36. The summed E-state index contributed by atoms with van der Waals surface area (Å²) in [5.41, 5.74) is 2.21. The van der Waals surface area contributed by atoms with Gasteiger partial charge in [0.25, 0.3) is 10.0 Å². The smallest absolute Gasteiger partial charge is 0.261 e. The average Bonchev–Trinajstić information content (AvgIpc) is 2.64. The van der Waals surface area contributed by atoms with Crippen LogP contribution >= 0.6 is 0 Å². The van der Waals surface area contributed by atoms with Gasteiger partial charge in [-0.3, -0.25) is 4.72 Å². The van der Waals surface area contributed by atoms with Crippen LogP contribution in [0.2, 0.25) is 0 Å². The van der Waals surface area contributed by atoms with Crippen LogP contribution in [0.25, 0.3) is 0 Å². The van der Waals surface area contributed by atoms with E-state index in [1.807, 2.05) is 20.9 Å². The van der Waals surface area contributed by atoms with Gasteiger partial charge in [-0.1, -0.05) is 6.07 Å². The molecule has 1 saturated heterocycles. The summed E-state index contributed by atoms with van der Waals surface area (Å²) < 4.78 is 54.6. The third-order valence-corrected chi connectivity index (χ3v) is 8.29. The lowest BCUT2D eigenvalue weighted by Crippen LogP contribution is -2.46. The zero-order valence-electron chi connectivity index (χ0n) is 16.2. The lowest BCUT2D eigenvalue weighted by atomic mass is 10.1. The van der Waals surface area contributed by atoms with Crippen molar-refractivity contribution in [3.05, 3.63) is 53.6 Å². The Morgan fingerprint density at radius 2 is 1.36 bits per heavy atom. The predicted molar refractivity (Wildman–Crippen MR) is 109 cm³/mol. The Labute approximate surface area is 167 Å². The molecule has 0 radical (unpaired) electrons. The number of benzene rings is 2. The van der Waals surface area contributed by atoms with Crippen LogP contribution in [0.5, 0.6) is 0 Å². The highest BCUT2D eigenvalue weighted by atomic mass is 32.2. The molecule has 3 rings (SSSR count). The Morgan fingerprint density at radius 1 is 0.786 bits per heavy atom. The molecule has 1 N–H and O–H groups in total. The van der Waals surface area contributed by atoms with Crippen molar-refractivity contribution in [2.75, 3.05) is 37.9 Å². The van der Waals surface area contributed by atoms with Crippen LogP contribution in [0.1, 0.15) is 11.1 Å². The molecular formula is C19H25N3O4S2. The van der Waals surface area contributed by atoms with Crippen LogP contribution < -0.4 is 4.72 Å². The van der Waals surface area contributed by atoms with Crippen LogP contribution in [0, 0.1) is 13.8 Å². The first-order valence-corrected chi connectivity index (χ1v) is 11.9. The fourth-order valence-electron chi connectivity index (χ4n) is 2.97. The minimum absolute atomic E-state index is 0.159. The van der Waals surface area contributed by atoms with Gasteiger partial charge >= 0.3 is 0 Å². The van der Waals surface area contributed by atoms with Crippen molar-refractivity contribution in [1.29, 1.82) is 0 Å². The fourth-order valence-corrected chi connectivity index (χ4v) is 5.53. The number of hydrogen-bond donors (Lipinski definition) is 1. The first-order chi connectivity index (χ1) is 13.1. The molecule has 152 valence electrons. The van der Waals surface area contributed by atoms with Crippen LogP contribution in [0.3, 0.4) is 0 Å². The molecule has 2 aromatic carbocycles. The van der Waals surface area contributed by atoms with Gasteiger partial charge in [0.05, 0.1) is 9.79 Å². The van der Waals surface area contributed by atoms with Gasteiger partial charge in [0.1, 0.15) is 0 Å². The molecule has 0 aromatic heterocycles. The van der Waals surface area contributed by atoms with E-state index in [1.165, 1.54) is 28.6 Å². The van der Waals surface area contributed by atoms with E-state index in [0.29, 0.717) is 31.9 Å². The zero-order valence-corrected chi connectivity index (χ0v) is 17.8. The van der Waals surface area contributed by atoms with Crippen molar-refractivity contribution in [2.45, 2.75) is 23.6 Å². The molecule has 0 unspecified atom stereocenters. The summed E-state index contributed by atoms with van der Waals surface area (Å²) in [6, 6.07) is 10.7. The van der Waals surface area contributed by atoms with Gasteiger partial charge in [-0.25, -0.2) is 16.8 Å². The second kappa shape index (κ2) is 7.82. The van der Waals surface area contributed by atoms with Crippen LogP contribution in [0.4, 0.5) is 5.69 Å². The molecule has 0 bridgehead atoms. The van der Waals surface area contributed by atoms with Gasteiger partial charge in [-0.05, 0) is 68.4 Å². The molecule has 28 heavy (non-hydrogen) atoms. The van der Waals surface area contributed by atoms with E-state index in [0.717, 1.165) is 11.1 Å². The van der Waals surface area contributed by atoms with E-state index in [2.05, 4.69) is 9.62 Å². The number of anilines is 1. The molecular weight excluding hydrogens is 398 g/mol. The lowest BCUT2D eigenvalue weighted by Gasteiger charge is -2.31. The van der Waals surface area contributed by atoms with Crippen molar-refractivity contribution in [2.24, 2.45) is 0 Å². The number of nitrogens with zero attached hydrogens (tertiary/aromatic N) is 2. The molecule has 0 saturated carbocycles. The molecule has 1 fully saturated rings. The number of sulfonamides is 2. The van der Waals surface area contributed by atoms with Gasteiger partial charge < -0.3 is 4.90 Å². The van der Waals surface area contributed by atoms with E-state index in [9.17, 15) is 16.8 Å². The van der Waals surface area contributed by atoms with E-state index in [-0.39, 0.29) is 9.79 Å². The van der Waals surface area contributed by atoms with Crippen LogP contribution in [0.15, 0.2) is 52.3 Å². The monoisotopic (exact) mass is 423 g/mol. The summed E-state index contributed by atoms with van der Waals surface area (Å²) in [5.74, 6) is 0. The summed E-state index contributed by atoms with van der Waals surface area (Å²) >= 11 is 0. The molecule has 0 spiro atoms. The highest BCUT2D eigenvalue weighted by Gasteiger charge is 2.27. The molecule has 9 heteroatoms. The second-order valence-electron chi connectivity index (χ2n) is 7.08. The molecule has 1 aliphatic rings. The number of hydrogen-bond acceptors (Lipinski definition) is 5. The Bertz CT molecular complexity index is 1060. The zero-order chi connectivity index (χ0) is 20.5. The second-order valence-corrected chi connectivity index (χ2v) is 10.7. The van der Waals surface area contributed by atoms with E-state index in [1.54, 1.807) is 18.2 Å². The standard InChI is InChI=1S/C19H25N3O4S2/c1-15-4-7-19(14-16(15)2)27(23,24)20-17-5-8-18(9-6-17)28(25,26)22-12-10-21(3)11-13-22/h4-9,14,20H,10-13H2,1-3H3. The maximum atomic E-state index is 12.8. The molecule has 0 atom stereocenters.